The van der Waals surface area contributed by atoms with Gasteiger partial charge in [0.25, 0.3) is 0 Å². The Balaban J connectivity index is 0.000000686. The monoisotopic (exact) mass is 290 g/mol. The van der Waals surface area contributed by atoms with Crippen LogP contribution in [0.2, 0.25) is 0 Å². The van der Waals surface area contributed by atoms with E-state index < -0.39 is 3.79 Å². The summed E-state index contributed by atoms with van der Waals surface area (Å²) in [5.74, 6) is 0. The third-order valence-corrected chi connectivity index (χ3v) is 2.48. The van der Waals surface area contributed by atoms with Crippen LogP contribution in [0.5, 0.6) is 0 Å². The Morgan fingerprint density at radius 3 is 2.06 bits per heavy atom. The highest BCUT2D eigenvalue weighted by Gasteiger charge is 2.25. The summed E-state index contributed by atoms with van der Waals surface area (Å²) in [6.07, 6.45) is 1.76. The second kappa shape index (κ2) is 6.29. The molecule has 0 saturated heterocycles. The van der Waals surface area contributed by atoms with Crippen LogP contribution in [-0.4, -0.2) is 9.78 Å². The van der Waals surface area contributed by atoms with Crippen molar-refractivity contribution in [2.24, 2.45) is 0 Å². The first-order valence-electron chi connectivity index (χ1n) is 5.26. The molecular weight excluding hydrogens is 279 g/mol. The summed E-state index contributed by atoms with van der Waals surface area (Å²) in [7, 11) is 0. The number of alkyl halides is 3. The molecule has 0 amide bonds. The Morgan fingerprint density at radius 1 is 1.00 bits per heavy atom. The van der Waals surface area contributed by atoms with E-state index in [4.69, 9.17) is 34.8 Å². The maximum absolute atomic E-state index is 5.71. The van der Waals surface area contributed by atoms with Crippen LogP contribution >= 0.6 is 34.8 Å². The number of aromatic nitrogens is 2. The Bertz CT molecular complexity index is 446. The Labute approximate surface area is 116 Å². The van der Waals surface area contributed by atoms with E-state index in [0.717, 1.165) is 5.69 Å². The van der Waals surface area contributed by atoms with E-state index in [-0.39, 0.29) is 0 Å². The maximum Gasteiger partial charge on any atom is 0.234 e. The summed E-state index contributed by atoms with van der Waals surface area (Å²) < 4.78 is 0.192. The molecule has 2 nitrogen and oxygen atoms in total. The molecule has 0 N–H and O–H groups in total. The lowest BCUT2D eigenvalue weighted by Gasteiger charge is -2.06. The van der Waals surface area contributed by atoms with Crippen molar-refractivity contribution in [1.29, 1.82) is 0 Å². The lowest BCUT2D eigenvalue weighted by atomic mass is 10.3. The number of hydrogen-bond donors (Lipinski definition) is 0. The van der Waals surface area contributed by atoms with Crippen molar-refractivity contribution in [3.05, 3.63) is 48.3 Å². The molecule has 17 heavy (non-hydrogen) atoms. The molecule has 0 atom stereocenters. The molecule has 0 bridgehead atoms. The average Bonchev–Trinajstić information content (AvgIpc) is 2.82. The standard InChI is InChI=1S/C10H7Cl3N2.C2H6/c11-10(12,13)9-6-7-15(14-9)8-4-2-1-3-5-8;1-2/h1-7H;1-2H3. The van der Waals surface area contributed by atoms with Crippen LogP contribution in [0.3, 0.4) is 0 Å². The van der Waals surface area contributed by atoms with Crippen molar-refractivity contribution in [1.82, 2.24) is 9.78 Å². The van der Waals surface area contributed by atoms with Crippen LogP contribution in [0.25, 0.3) is 5.69 Å². The molecule has 0 aliphatic carbocycles. The zero-order chi connectivity index (χ0) is 12.9. The van der Waals surface area contributed by atoms with E-state index in [1.165, 1.54) is 0 Å². The molecule has 5 heteroatoms. The van der Waals surface area contributed by atoms with Gasteiger partial charge < -0.3 is 0 Å². The van der Waals surface area contributed by atoms with Gasteiger partial charge in [0, 0.05) is 6.20 Å². The highest BCUT2D eigenvalue weighted by atomic mass is 35.6. The molecule has 0 unspecified atom stereocenters. The number of hydrogen-bond acceptors (Lipinski definition) is 1. The molecule has 2 aromatic rings. The Kier molecular flexibility index (Phi) is 5.31. The molecule has 0 aliphatic rings. The van der Waals surface area contributed by atoms with Gasteiger partial charge in [-0.3, -0.25) is 0 Å². The highest BCUT2D eigenvalue weighted by Crippen LogP contribution is 2.36. The fourth-order valence-corrected chi connectivity index (χ4v) is 1.50. The number of para-hydroxylation sites is 1. The third kappa shape index (κ3) is 3.91. The summed E-state index contributed by atoms with van der Waals surface area (Å²) >= 11 is 17.1. The summed E-state index contributed by atoms with van der Waals surface area (Å²) in [6, 6.07) is 11.3. The summed E-state index contributed by atoms with van der Waals surface area (Å²) in [5, 5.41) is 4.17. The molecule has 1 aromatic carbocycles. The maximum atomic E-state index is 5.71. The summed E-state index contributed by atoms with van der Waals surface area (Å²) in [6.45, 7) is 4.00. The van der Waals surface area contributed by atoms with Crippen molar-refractivity contribution in [3.63, 3.8) is 0 Å². The van der Waals surface area contributed by atoms with Gasteiger partial charge in [0.2, 0.25) is 3.79 Å². The topological polar surface area (TPSA) is 17.8 Å². The van der Waals surface area contributed by atoms with Gasteiger partial charge in [0.1, 0.15) is 5.69 Å². The minimum absolute atomic E-state index is 0.413. The van der Waals surface area contributed by atoms with Gasteiger partial charge in [0.15, 0.2) is 0 Å². The molecule has 1 aromatic heterocycles. The molecule has 0 radical (unpaired) electrons. The molecule has 1 heterocycles. The SMILES string of the molecule is CC.ClC(Cl)(Cl)c1ccn(-c2ccccc2)n1. The van der Waals surface area contributed by atoms with E-state index in [1.54, 1.807) is 16.9 Å². The Morgan fingerprint density at radius 2 is 1.59 bits per heavy atom. The largest absolute Gasteiger partial charge is 0.241 e. The number of nitrogens with zero attached hydrogens (tertiary/aromatic N) is 2. The van der Waals surface area contributed by atoms with Crippen LogP contribution in [0.15, 0.2) is 42.6 Å². The molecule has 0 spiro atoms. The third-order valence-electron chi connectivity index (χ3n) is 1.90. The number of rotatable bonds is 1. The Hall–Kier alpha value is -0.700. The van der Waals surface area contributed by atoms with Gasteiger partial charge in [-0.05, 0) is 18.2 Å². The van der Waals surface area contributed by atoms with Crippen LogP contribution in [0.4, 0.5) is 0 Å². The van der Waals surface area contributed by atoms with Crippen LogP contribution in [0.1, 0.15) is 19.5 Å². The quantitative estimate of drug-likeness (QED) is 0.695. The minimum atomic E-state index is -1.47. The van der Waals surface area contributed by atoms with Crippen molar-refractivity contribution in [2.75, 3.05) is 0 Å². The first-order chi connectivity index (χ1) is 8.07. The first-order valence-corrected chi connectivity index (χ1v) is 6.39. The predicted molar refractivity (Wildman–Crippen MR) is 74.1 cm³/mol. The summed E-state index contributed by atoms with van der Waals surface area (Å²) in [4.78, 5) is 0. The lowest BCUT2D eigenvalue weighted by Crippen LogP contribution is -2.03. The van der Waals surface area contributed by atoms with Gasteiger partial charge in [0.05, 0.1) is 5.69 Å². The van der Waals surface area contributed by atoms with E-state index in [9.17, 15) is 0 Å². The smallest absolute Gasteiger partial charge is 0.234 e. The lowest BCUT2D eigenvalue weighted by molar-refractivity contribution is 0.847. The molecule has 92 valence electrons. The van der Waals surface area contributed by atoms with Crippen LogP contribution in [0, 0.1) is 0 Å². The van der Waals surface area contributed by atoms with Gasteiger partial charge >= 0.3 is 0 Å². The van der Waals surface area contributed by atoms with Gasteiger partial charge in [-0.2, -0.15) is 5.10 Å². The molecule has 0 saturated carbocycles. The average molecular weight is 292 g/mol. The summed E-state index contributed by atoms with van der Waals surface area (Å²) in [5.41, 5.74) is 1.34. The minimum Gasteiger partial charge on any atom is -0.241 e. The molecule has 0 aliphatic heterocycles. The van der Waals surface area contributed by atoms with Gasteiger partial charge in [-0.15, -0.1) is 0 Å². The van der Waals surface area contributed by atoms with E-state index >= 15 is 0 Å². The number of halogens is 3. The first kappa shape index (κ1) is 14.4. The van der Waals surface area contributed by atoms with Crippen molar-refractivity contribution < 1.29 is 0 Å². The van der Waals surface area contributed by atoms with Crippen molar-refractivity contribution in [2.45, 2.75) is 17.6 Å². The zero-order valence-corrected chi connectivity index (χ0v) is 11.8. The van der Waals surface area contributed by atoms with E-state index in [1.807, 2.05) is 44.2 Å². The fraction of sp³-hybridized carbons (Fsp3) is 0.250. The second-order valence-electron chi connectivity index (χ2n) is 2.98. The molecular formula is C12H13Cl3N2. The van der Waals surface area contributed by atoms with E-state index in [2.05, 4.69) is 5.10 Å². The second-order valence-corrected chi connectivity index (χ2v) is 5.26. The number of benzene rings is 1. The van der Waals surface area contributed by atoms with Crippen LogP contribution in [-0.2, 0) is 3.79 Å². The molecule has 0 fully saturated rings. The normalized spacial score (nSPS) is 10.6. The van der Waals surface area contributed by atoms with Crippen molar-refractivity contribution in [3.8, 4) is 5.69 Å². The fourth-order valence-electron chi connectivity index (χ4n) is 1.20. The van der Waals surface area contributed by atoms with Crippen LogP contribution < -0.4 is 0 Å². The zero-order valence-electron chi connectivity index (χ0n) is 9.57. The molecule has 2 rings (SSSR count). The predicted octanol–water partition coefficient (Wildman–Crippen LogP) is 4.73. The van der Waals surface area contributed by atoms with E-state index in [0.29, 0.717) is 5.69 Å². The van der Waals surface area contributed by atoms with Gasteiger partial charge in [-0.1, -0.05) is 66.8 Å². The van der Waals surface area contributed by atoms with Gasteiger partial charge in [-0.25, -0.2) is 4.68 Å². The highest BCUT2D eigenvalue weighted by molar-refractivity contribution is 6.66. The van der Waals surface area contributed by atoms with Crippen molar-refractivity contribution >= 4 is 34.8 Å².